The summed E-state index contributed by atoms with van der Waals surface area (Å²) in [5, 5.41) is 13.4. The van der Waals surface area contributed by atoms with E-state index in [-0.39, 0.29) is 5.91 Å². The fraction of sp³-hybridized carbons (Fsp3) is 0.588. The molecule has 0 unspecified atom stereocenters. The zero-order valence-corrected chi connectivity index (χ0v) is 13.2. The van der Waals surface area contributed by atoms with Gasteiger partial charge in [0.2, 0.25) is 0 Å². The van der Waals surface area contributed by atoms with Crippen LogP contribution in [0, 0.1) is 12.3 Å². The van der Waals surface area contributed by atoms with Crippen molar-refractivity contribution in [3.8, 4) is 0 Å². The number of carbonyl (C=O) groups excluding carboxylic acids is 1. The number of rotatable bonds is 3. The van der Waals surface area contributed by atoms with Gasteiger partial charge >= 0.3 is 0 Å². The molecule has 1 aromatic carbocycles. The highest BCUT2D eigenvalue weighted by Gasteiger charge is 2.36. The van der Waals surface area contributed by atoms with Crippen LogP contribution in [-0.2, 0) is 0 Å². The first-order chi connectivity index (χ1) is 9.71. The molecular weight excluding hydrogens is 264 g/mol. The first-order valence-corrected chi connectivity index (χ1v) is 7.58. The lowest BCUT2D eigenvalue weighted by Crippen LogP contribution is -2.46. The minimum atomic E-state index is -0.770. The summed E-state index contributed by atoms with van der Waals surface area (Å²) < 4.78 is 0. The van der Waals surface area contributed by atoms with Gasteiger partial charge < -0.3 is 16.2 Å². The van der Waals surface area contributed by atoms with E-state index in [2.05, 4.69) is 19.2 Å². The van der Waals surface area contributed by atoms with E-state index in [0.717, 1.165) is 31.2 Å². The molecule has 21 heavy (non-hydrogen) atoms. The molecule has 1 aliphatic rings. The fourth-order valence-corrected chi connectivity index (χ4v) is 2.73. The summed E-state index contributed by atoms with van der Waals surface area (Å²) >= 11 is 0. The van der Waals surface area contributed by atoms with Crippen molar-refractivity contribution in [3.05, 3.63) is 29.3 Å². The molecule has 0 saturated heterocycles. The summed E-state index contributed by atoms with van der Waals surface area (Å²) in [6.45, 7) is 6.64. The highest BCUT2D eigenvalue weighted by Crippen LogP contribution is 2.39. The molecule has 116 valence electrons. The van der Waals surface area contributed by atoms with E-state index in [9.17, 15) is 9.90 Å². The normalized spacial score (nSPS) is 20.0. The molecule has 0 radical (unpaired) electrons. The Bertz CT molecular complexity index is 528. The highest BCUT2D eigenvalue weighted by molar-refractivity contribution is 5.94. The molecule has 0 atom stereocenters. The van der Waals surface area contributed by atoms with E-state index in [1.165, 1.54) is 0 Å². The van der Waals surface area contributed by atoms with Gasteiger partial charge in [-0.25, -0.2) is 0 Å². The van der Waals surface area contributed by atoms with Gasteiger partial charge in [-0.05, 0) is 61.8 Å². The number of anilines is 1. The first-order valence-electron chi connectivity index (χ1n) is 7.58. The van der Waals surface area contributed by atoms with Crippen molar-refractivity contribution in [2.24, 2.45) is 5.41 Å². The second kappa shape index (κ2) is 5.68. The number of carbonyl (C=O) groups is 1. The monoisotopic (exact) mass is 290 g/mol. The second-order valence-corrected chi connectivity index (χ2v) is 7.14. The quantitative estimate of drug-likeness (QED) is 0.749. The summed E-state index contributed by atoms with van der Waals surface area (Å²) in [4.78, 5) is 12.2. The Balaban J connectivity index is 1.93. The van der Waals surface area contributed by atoms with E-state index < -0.39 is 5.60 Å². The molecule has 4 N–H and O–H groups in total. The number of hydrogen-bond acceptors (Lipinski definition) is 3. The third kappa shape index (κ3) is 3.97. The third-order valence-electron chi connectivity index (χ3n) is 4.64. The van der Waals surface area contributed by atoms with Gasteiger partial charge in [-0.2, -0.15) is 0 Å². The second-order valence-electron chi connectivity index (χ2n) is 7.14. The zero-order valence-electron chi connectivity index (χ0n) is 13.2. The van der Waals surface area contributed by atoms with Crippen LogP contribution in [0.15, 0.2) is 18.2 Å². The van der Waals surface area contributed by atoms with Crippen LogP contribution in [-0.4, -0.2) is 23.2 Å². The van der Waals surface area contributed by atoms with Gasteiger partial charge in [0.05, 0.1) is 5.60 Å². The molecule has 4 nitrogen and oxygen atoms in total. The highest BCUT2D eigenvalue weighted by atomic mass is 16.3. The Morgan fingerprint density at radius 2 is 1.90 bits per heavy atom. The Labute approximate surface area is 126 Å². The van der Waals surface area contributed by atoms with Crippen molar-refractivity contribution in [1.29, 1.82) is 0 Å². The van der Waals surface area contributed by atoms with E-state index in [4.69, 9.17) is 5.73 Å². The molecule has 0 heterocycles. The van der Waals surface area contributed by atoms with Gasteiger partial charge in [0.25, 0.3) is 5.91 Å². The number of amides is 1. The van der Waals surface area contributed by atoms with Crippen LogP contribution < -0.4 is 11.1 Å². The summed E-state index contributed by atoms with van der Waals surface area (Å²) in [6, 6.07) is 5.23. The summed E-state index contributed by atoms with van der Waals surface area (Å²) in [6.07, 6.45) is 3.45. The van der Waals surface area contributed by atoms with Crippen LogP contribution in [0.2, 0.25) is 0 Å². The molecular formula is C17H26N2O2. The molecule has 0 spiro atoms. The Kier molecular flexibility index (Phi) is 4.28. The minimum Gasteiger partial charge on any atom is -0.399 e. The molecule has 1 aliphatic carbocycles. The van der Waals surface area contributed by atoms with E-state index >= 15 is 0 Å². The number of aryl methyl sites for hydroxylation is 1. The molecule has 1 fully saturated rings. The van der Waals surface area contributed by atoms with Crippen LogP contribution in [0.4, 0.5) is 5.69 Å². The predicted octanol–water partition coefficient (Wildman–Crippen LogP) is 2.64. The fourth-order valence-electron chi connectivity index (χ4n) is 2.73. The number of nitrogen functional groups attached to an aromatic ring is 1. The number of nitrogens with two attached hydrogens (primary N) is 1. The molecule has 4 heteroatoms. The minimum absolute atomic E-state index is 0.156. The van der Waals surface area contributed by atoms with Crippen molar-refractivity contribution >= 4 is 11.6 Å². The number of benzene rings is 1. The molecule has 2 rings (SSSR count). The molecule has 1 saturated carbocycles. The number of aliphatic hydroxyl groups is 1. The number of hydrogen-bond donors (Lipinski definition) is 3. The van der Waals surface area contributed by atoms with Crippen molar-refractivity contribution < 1.29 is 9.90 Å². The molecule has 0 aliphatic heterocycles. The summed E-state index contributed by atoms with van der Waals surface area (Å²) in [7, 11) is 0. The smallest absolute Gasteiger partial charge is 0.251 e. The van der Waals surface area contributed by atoms with Crippen LogP contribution in [0.1, 0.15) is 55.5 Å². The average molecular weight is 290 g/mol. The van der Waals surface area contributed by atoms with E-state index in [0.29, 0.717) is 23.2 Å². The molecule has 1 aromatic rings. The van der Waals surface area contributed by atoms with Crippen LogP contribution >= 0.6 is 0 Å². The average Bonchev–Trinajstić information content (AvgIpc) is 2.43. The lowest BCUT2D eigenvalue weighted by molar-refractivity contribution is -0.0233. The summed E-state index contributed by atoms with van der Waals surface area (Å²) in [5.41, 5.74) is 7.44. The Morgan fingerprint density at radius 3 is 2.48 bits per heavy atom. The van der Waals surface area contributed by atoms with Crippen molar-refractivity contribution in [1.82, 2.24) is 5.32 Å². The van der Waals surface area contributed by atoms with Crippen LogP contribution in [0.3, 0.4) is 0 Å². The first kappa shape index (κ1) is 15.8. The Hall–Kier alpha value is -1.55. The van der Waals surface area contributed by atoms with Gasteiger partial charge in [-0.15, -0.1) is 0 Å². The van der Waals surface area contributed by atoms with Gasteiger partial charge in [0, 0.05) is 17.8 Å². The van der Waals surface area contributed by atoms with Gasteiger partial charge in [-0.3, -0.25) is 4.79 Å². The van der Waals surface area contributed by atoms with Crippen LogP contribution in [0.5, 0.6) is 0 Å². The van der Waals surface area contributed by atoms with Crippen LogP contribution in [0.25, 0.3) is 0 Å². The molecule has 0 aromatic heterocycles. The maximum Gasteiger partial charge on any atom is 0.251 e. The third-order valence-corrected chi connectivity index (χ3v) is 4.64. The van der Waals surface area contributed by atoms with Crippen molar-refractivity contribution in [3.63, 3.8) is 0 Å². The van der Waals surface area contributed by atoms with E-state index in [1.807, 2.05) is 6.92 Å². The Morgan fingerprint density at radius 1 is 1.29 bits per heavy atom. The van der Waals surface area contributed by atoms with Crippen molar-refractivity contribution in [2.75, 3.05) is 12.3 Å². The molecule has 1 amide bonds. The van der Waals surface area contributed by atoms with Gasteiger partial charge in [0.1, 0.15) is 0 Å². The van der Waals surface area contributed by atoms with Gasteiger partial charge in [-0.1, -0.05) is 13.8 Å². The zero-order chi connectivity index (χ0) is 15.7. The maximum absolute atomic E-state index is 12.2. The van der Waals surface area contributed by atoms with Crippen molar-refractivity contribution in [2.45, 2.75) is 52.1 Å². The lowest BCUT2D eigenvalue weighted by Gasteiger charge is -2.40. The SMILES string of the molecule is Cc1cc(C(=O)NCC2(O)CCC(C)(C)CC2)ccc1N. The number of nitrogens with one attached hydrogen (secondary N) is 1. The van der Waals surface area contributed by atoms with Gasteiger partial charge in [0.15, 0.2) is 0 Å². The van der Waals surface area contributed by atoms with E-state index in [1.54, 1.807) is 18.2 Å². The standard InChI is InChI=1S/C17H26N2O2/c1-12-10-13(4-5-14(12)18)15(20)19-11-17(21)8-6-16(2,3)7-9-17/h4-5,10,21H,6-9,11,18H2,1-3H3,(H,19,20). The predicted molar refractivity (Wildman–Crippen MR) is 85.1 cm³/mol. The topological polar surface area (TPSA) is 75.3 Å². The molecule has 0 bridgehead atoms. The summed E-state index contributed by atoms with van der Waals surface area (Å²) in [5.74, 6) is -0.156. The lowest BCUT2D eigenvalue weighted by atomic mass is 9.71. The maximum atomic E-state index is 12.2. The largest absolute Gasteiger partial charge is 0.399 e.